The van der Waals surface area contributed by atoms with Crippen LogP contribution in [0.2, 0.25) is 0 Å². The summed E-state index contributed by atoms with van der Waals surface area (Å²) in [5.74, 6) is 0. The first kappa shape index (κ1) is 14.3. The number of rotatable bonds is 6. The van der Waals surface area contributed by atoms with E-state index in [1.807, 2.05) is 0 Å². The molecule has 1 aliphatic carbocycles. The highest BCUT2D eigenvalue weighted by Gasteiger charge is 2.45. The van der Waals surface area contributed by atoms with Crippen molar-refractivity contribution in [2.75, 3.05) is 33.4 Å². The average molecular weight is 254 g/mol. The van der Waals surface area contributed by atoms with Crippen molar-refractivity contribution in [2.24, 2.45) is 0 Å². The minimum Gasteiger partial charge on any atom is -0.379 e. The van der Waals surface area contributed by atoms with E-state index in [9.17, 15) is 0 Å². The maximum absolute atomic E-state index is 5.54. The molecule has 1 unspecified atom stereocenters. The molecule has 1 atom stereocenters. The van der Waals surface area contributed by atoms with Crippen molar-refractivity contribution in [3.8, 4) is 0 Å². The van der Waals surface area contributed by atoms with Gasteiger partial charge in [0.1, 0.15) is 0 Å². The lowest BCUT2D eigenvalue weighted by Crippen LogP contribution is -2.61. The molecule has 0 spiro atoms. The van der Waals surface area contributed by atoms with Crippen molar-refractivity contribution >= 4 is 0 Å². The molecule has 0 aromatic carbocycles. The van der Waals surface area contributed by atoms with E-state index in [1.54, 1.807) is 0 Å². The van der Waals surface area contributed by atoms with Gasteiger partial charge in [-0.2, -0.15) is 0 Å². The molecule has 3 heteroatoms. The first-order chi connectivity index (χ1) is 8.83. The fourth-order valence-electron chi connectivity index (χ4n) is 3.97. The number of nitrogens with one attached hydrogen (secondary N) is 1. The lowest BCUT2D eigenvalue weighted by atomic mass is 9.83. The fraction of sp³-hybridized carbons (Fsp3) is 1.00. The van der Waals surface area contributed by atoms with Gasteiger partial charge in [-0.05, 0) is 26.3 Å². The zero-order valence-corrected chi connectivity index (χ0v) is 12.2. The standard InChI is InChI=1S/C15H30N2O/c1-3-4-7-14(16-2)15(8-5-6-9-15)17-10-12-18-13-11-17/h14,16H,3-13H2,1-2H3. The molecule has 0 aromatic heterocycles. The van der Waals surface area contributed by atoms with E-state index >= 15 is 0 Å². The third-order valence-electron chi connectivity index (χ3n) is 4.95. The van der Waals surface area contributed by atoms with Crippen LogP contribution in [0, 0.1) is 0 Å². The highest BCUT2D eigenvalue weighted by Crippen LogP contribution is 2.40. The van der Waals surface area contributed by atoms with Crippen molar-refractivity contribution in [1.82, 2.24) is 10.2 Å². The second kappa shape index (κ2) is 6.88. The molecule has 1 aliphatic heterocycles. The summed E-state index contributed by atoms with van der Waals surface area (Å²) in [6.45, 7) is 6.40. The molecule has 106 valence electrons. The molecule has 2 fully saturated rings. The number of unbranched alkanes of at least 4 members (excludes halogenated alkanes) is 1. The Labute approximate surface area is 112 Å². The summed E-state index contributed by atoms with van der Waals surface area (Å²) >= 11 is 0. The molecule has 0 radical (unpaired) electrons. The molecule has 3 nitrogen and oxygen atoms in total. The number of morpholine rings is 1. The van der Waals surface area contributed by atoms with Gasteiger partial charge in [-0.3, -0.25) is 4.90 Å². The minimum absolute atomic E-state index is 0.424. The molecular weight excluding hydrogens is 224 g/mol. The van der Waals surface area contributed by atoms with E-state index in [-0.39, 0.29) is 0 Å². The third kappa shape index (κ3) is 2.89. The maximum atomic E-state index is 5.54. The largest absolute Gasteiger partial charge is 0.379 e. The monoisotopic (exact) mass is 254 g/mol. The molecule has 0 bridgehead atoms. The van der Waals surface area contributed by atoms with Gasteiger partial charge in [0.05, 0.1) is 13.2 Å². The van der Waals surface area contributed by atoms with Crippen LogP contribution in [0.4, 0.5) is 0 Å². The summed E-state index contributed by atoms with van der Waals surface area (Å²) in [5, 5.41) is 3.63. The quantitative estimate of drug-likeness (QED) is 0.788. The van der Waals surface area contributed by atoms with Crippen molar-refractivity contribution in [1.29, 1.82) is 0 Å². The van der Waals surface area contributed by atoms with Crippen LogP contribution in [0.3, 0.4) is 0 Å². The van der Waals surface area contributed by atoms with Crippen LogP contribution in [0.25, 0.3) is 0 Å². The molecule has 1 N–H and O–H groups in total. The normalized spacial score (nSPS) is 26.3. The predicted octanol–water partition coefficient (Wildman–Crippen LogP) is 2.41. The maximum Gasteiger partial charge on any atom is 0.0594 e. The van der Waals surface area contributed by atoms with Gasteiger partial charge in [0.2, 0.25) is 0 Å². The van der Waals surface area contributed by atoms with Gasteiger partial charge in [-0.15, -0.1) is 0 Å². The summed E-state index contributed by atoms with van der Waals surface area (Å²) in [6, 6.07) is 0.665. The Balaban J connectivity index is 2.07. The molecule has 2 aliphatic rings. The lowest BCUT2D eigenvalue weighted by molar-refractivity contribution is -0.0361. The van der Waals surface area contributed by atoms with Crippen LogP contribution < -0.4 is 5.32 Å². The van der Waals surface area contributed by atoms with Gasteiger partial charge in [0, 0.05) is 24.7 Å². The minimum atomic E-state index is 0.424. The van der Waals surface area contributed by atoms with Crippen LogP contribution >= 0.6 is 0 Å². The second-order valence-corrected chi connectivity index (χ2v) is 5.89. The van der Waals surface area contributed by atoms with E-state index in [0.717, 1.165) is 26.3 Å². The molecule has 1 saturated heterocycles. The van der Waals surface area contributed by atoms with E-state index in [4.69, 9.17) is 4.74 Å². The zero-order chi connectivity index (χ0) is 12.8. The van der Waals surface area contributed by atoms with Gasteiger partial charge in [0.15, 0.2) is 0 Å². The number of likely N-dealkylation sites (N-methyl/N-ethyl adjacent to an activating group) is 1. The smallest absolute Gasteiger partial charge is 0.0594 e. The molecule has 1 saturated carbocycles. The van der Waals surface area contributed by atoms with Crippen LogP contribution in [0.5, 0.6) is 0 Å². The second-order valence-electron chi connectivity index (χ2n) is 5.89. The molecule has 1 heterocycles. The van der Waals surface area contributed by atoms with Crippen LogP contribution in [0.15, 0.2) is 0 Å². The van der Waals surface area contributed by atoms with Crippen molar-refractivity contribution < 1.29 is 4.74 Å². The fourth-order valence-corrected chi connectivity index (χ4v) is 3.97. The number of hydrogen-bond acceptors (Lipinski definition) is 3. The van der Waals surface area contributed by atoms with Gasteiger partial charge >= 0.3 is 0 Å². The Morgan fingerprint density at radius 2 is 1.89 bits per heavy atom. The van der Waals surface area contributed by atoms with Gasteiger partial charge < -0.3 is 10.1 Å². The summed E-state index contributed by atoms with van der Waals surface area (Å²) in [5.41, 5.74) is 0.424. The Bertz CT molecular complexity index is 233. The lowest BCUT2D eigenvalue weighted by Gasteiger charge is -2.48. The molecular formula is C15H30N2O. The summed E-state index contributed by atoms with van der Waals surface area (Å²) < 4.78 is 5.54. The Hall–Kier alpha value is -0.120. The summed E-state index contributed by atoms with van der Waals surface area (Å²) in [6.07, 6.45) is 9.53. The first-order valence-electron chi connectivity index (χ1n) is 7.83. The van der Waals surface area contributed by atoms with E-state index < -0.39 is 0 Å². The average Bonchev–Trinajstić information content (AvgIpc) is 2.91. The third-order valence-corrected chi connectivity index (χ3v) is 4.95. The Morgan fingerprint density at radius 1 is 1.22 bits per heavy atom. The topological polar surface area (TPSA) is 24.5 Å². The van der Waals surface area contributed by atoms with Crippen LogP contribution in [0.1, 0.15) is 51.9 Å². The van der Waals surface area contributed by atoms with E-state index in [2.05, 4.69) is 24.2 Å². The summed E-state index contributed by atoms with van der Waals surface area (Å²) in [4.78, 5) is 2.74. The highest BCUT2D eigenvalue weighted by atomic mass is 16.5. The van der Waals surface area contributed by atoms with Gasteiger partial charge in [-0.25, -0.2) is 0 Å². The first-order valence-corrected chi connectivity index (χ1v) is 7.83. The number of nitrogens with zero attached hydrogens (tertiary/aromatic N) is 1. The van der Waals surface area contributed by atoms with E-state index in [1.165, 1.54) is 44.9 Å². The molecule has 0 aromatic rings. The predicted molar refractivity (Wildman–Crippen MR) is 76.0 cm³/mol. The van der Waals surface area contributed by atoms with Crippen LogP contribution in [-0.4, -0.2) is 49.8 Å². The Morgan fingerprint density at radius 3 is 2.44 bits per heavy atom. The van der Waals surface area contributed by atoms with Crippen molar-refractivity contribution in [3.63, 3.8) is 0 Å². The van der Waals surface area contributed by atoms with E-state index in [0.29, 0.717) is 11.6 Å². The molecule has 0 amide bonds. The van der Waals surface area contributed by atoms with Gasteiger partial charge in [0.25, 0.3) is 0 Å². The Kier molecular flexibility index (Phi) is 5.46. The van der Waals surface area contributed by atoms with Crippen LogP contribution in [-0.2, 0) is 4.74 Å². The number of hydrogen-bond donors (Lipinski definition) is 1. The zero-order valence-electron chi connectivity index (χ0n) is 12.2. The highest BCUT2D eigenvalue weighted by molar-refractivity contribution is 5.03. The summed E-state index contributed by atoms with van der Waals surface area (Å²) in [7, 11) is 2.15. The molecule has 2 rings (SSSR count). The van der Waals surface area contributed by atoms with Crippen molar-refractivity contribution in [3.05, 3.63) is 0 Å². The molecule has 18 heavy (non-hydrogen) atoms. The van der Waals surface area contributed by atoms with Crippen molar-refractivity contribution in [2.45, 2.75) is 63.5 Å². The number of ether oxygens (including phenoxy) is 1. The van der Waals surface area contributed by atoms with Gasteiger partial charge in [-0.1, -0.05) is 32.6 Å². The SMILES string of the molecule is CCCCC(NC)C1(N2CCOCC2)CCCC1.